The van der Waals surface area contributed by atoms with Crippen molar-refractivity contribution in [2.24, 2.45) is 0 Å². The average Bonchev–Trinajstić information content (AvgIpc) is 3.05. The number of benzene rings is 2. The van der Waals surface area contributed by atoms with Gasteiger partial charge in [0.1, 0.15) is 6.04 Å². The molecule has 160 valence electrons. The maximum absolute atomic E-state index is 12.2. The van der Waals surface area contributed by atoms with Gasteiger partial charge in [0, 0.05) is 25.7 Å². The van der Waals surface area contributed by atoms with Crippen molar-refractivity contribution in [1.29, 1.82) is 0 Å². The normalized spacial score (nSPS) is 19.1. The summed E-state index contributed by atoms with van der Waals surface area (Å²) in [6.45, 7) is 3.39. The molecule has 4 rings (SSSR count). The third kappa shape index (κ3) is 4.16. The molecule has 2 aromatic rings. The summed E-state index contributed by atoms with van der Waals surface area (Å²) in [5, 5.41) is 10.0. The second-order valence-electron chi connectivity index (χ2n) is 8.11. The first-order valence-corrected chi connectivity index (χ1v) is 10.6. The van der Waals surface area contributed by atoms with Crippen LogP contribution < -0.4 is 9.47 Å². The van der Waals surface area contributed by atoms with E-state index in [4.69, 9.17) is 9.47 Å². The summed E-state index contributed by atoms with van der Waals surface area (Å²) in [5.41, 5.74) is 3.64. The van der Waals surface area contributed by atoms with Gasteiger partial charge in [-0.1, -0.05) is 30.3 Å². The molecule has 0 saturated carbocycles. The molecular weight excluding hydrogens is 380 g/mol. The number of nitrogens with zero attached hydrogens (tertiary/aromatic N) is 2. The molecule has 1 aliphatic heterocycles. The molecule has 0 spiro atoms. The van der Waals surface area contributed by atoms with E-state index in [0.29, 0.717) is 17.5 Å². The zero-order valence-corrected chi connectivity index (χ0v) is 17.7. The summed E-state index contributed by atoms with van der Waals surface area (Å²) >= 11 is 0. The zero-order chi connectivity index (χ0) is 21.1. The summed E-state index contributed by atoms with van der Waals surface area (Å²) < 4.78 is 10.7. The largest absolute Gasteiger partial charge is 0.493 e. The maximum Gasteiger partial charge on any atom is 0.325 e. The summed E-state index contributed by atoms with van der Waals surface area (Å²) in [5.74, 6) is 0.332. The van der Waals surface area contributed by atoms with Crippen LogP contribution in [0.3, 0.4) is 0 Å². The number of hydrogen-bond acceptors (Lipinski definition) is 5. The molecule has 1 heterocycles. The van der Waals surface area contributed by atoms with Gasteiger partial charge in [-0.05, 0) is 54.6 Å². The summed E-state index contributed by atoms with van der Waals surface area (Å²) in [4.78, 5) is 16.9. The van der Waals surface area contributed by atoms with E-state index in [1.54, 1.807) is 26.4 Å². The Morgan fingerprint density at radius 1 is 0.967 bits per heavy atom. The number of carboxylic acids is 1. The predicted octanol–water partition coefficient (Wildman–Crippen LogP) is 3.00. The van der Waals surface area contributed by atoms with E-state index in [1.165, 1.54) is 11.1 Å². The van der Waals surface area contributed by atoms with Gasteiger partial charge in [0.05, 0.1) is 14.2 Å². The standard InChI is InChI=1S/C24H30N2O4/c1-29-21-9-8-19(16-22(21)30-2)23(24(27)28)26-11-5-10-25(12-13-26)20-14-17-6-3-4-7-18(17)15-20/h3-4,6-9,16,20,23H,5,10-15H2,1-2H3,(H,27,28). The monoisotopic (exact) mass is 410 g/mol. The van der Waals surface area contributed by atoms with Crippen LogP contribution in [0.15, 0.2) is 42.5 Å². The van der Waals surface area contributed by atoms with E-state index in [0.717, 1.165) is 51.0 Å². The molecule has 1 atom stereocenters. The molecule has 2 aromatic carbocycles. The van der Waals surface area contributed by atoms with Gasteiger partial charge in [-0.2, -0.15) is 0 Å². The minimum atomic E-state index is -0.830. The van der Waals surface area contributed by atoms with Crippen molar-refractivity contribution in [2.45, 2.75) is 31.3 Å². The van der Waals surface area contributed by atoms with Crippen molar-refractivity contribution in [3.63, 3.8) is 0 Å². The minimum absolute atomic E-state index is 0.520. The third-order valence-corrected chi connectivity index (χ3v) is 6.43. The van der Waals surface area contributed by atoms with Crippen molar-refractivity contribution in [1.82, 2.24) is 9.80 Å². The lowest BCUT2D eigenvalue weighted by atomic mass is 10.0. The van der Waals surface area contributed by atoms with Crippen molar-refractivity contribution in [2.75, 3.05) is 40.4 Å². The van der Waals surface area contributed by atoms with Crippen molar-refractivity contribution in [3.8, 4) is 11.5 Å². The molecule has 0 bridgehead atoms. The smallest absolute Gasteiger partial charge is 0.325 e. The van der Waals surface area contributed by atoms with Crippen molar-refractivity contribution < 1.29 is 19.4 Å². The lowest BCUT2D eigenvalue weighted by Gasteiger charge is -2.30. The minimum Gasteiger partial charge on any atom is -0.493 e. The number of methoxy groups -OCH3 is 2. The fourth-order valence-electron chi connectivity index (χ4n) is 4.91. The van der Waals surface area contributed by atoms with Gasteiger partial charge < -0.3 is 14.6 Å². The molecule has 2 aliphatic rings. The molecule has 1 unspecified atom stereocenters. The molecule has 0 radical (unpaired) electrons. The van der Waals surface area contributed by atoms with Gasteiger partial charge in [-0.3, -0.25) is 14.6 Å². The lowest BCUT2D eigenvalue weighted by Crippen LogP contribution is -2.40. The van der Waals surface area contributed by atoms with E-state index in [1.807, 2.05) is 6.07 Å². The maximum atomic E-state index is 12.2. The molecule has 1 saturated heterocycles. The first-order chi connectivity index (χ1) is 14.6. The van der Waals surface area contributed by atoms with Gasteiger partial charge in [-0.25, -0.2) is 0 Å². The van der Waals surface area contributed by atoms with Crippen LogP contribution in [0.1, 0.15) is 29.2 Å². The van der Waals surface area contributed by atoms with Crippen LogP contribution in [0, 0.1) is 0 Å². The Kier molecular flexibility index (Phi) is 6.25. The Balaban J connectivity index is 1.48. The molecule has 1 N–H and O–H groups in total. The average molecular weight is 411 g/mol. The van der Waals surface area contributed by atoms with E-state index in [2.05, 4.69) is 34.1 Å². The Morgan fingerprint density at radius 3 is 2.30 bits per heavy atom. The molecular formula is C24H30N2O4. The van der Waals surface area contributed by atoms with Gasteiger partial charge in [0.2, 0.25) is 0 Å². The number of carboxylic acid groups (broad SMARTS) is 1. The van der Waals surface area contributed by atoms with Crippen LogP contribution in [-0.2, 0) is 17.6 Å². The highest BCUT2D eigenvalue weighted by atomic mass is 16.5. The third-order valence-electron chi connectivity index (χ3n) is 6.43. The summed E-state index contributed by atoms with van der Waals surface area (Å²) in [7, 11) is 3.15. The first kappa shape index (κ1) is 20.7. The number of hydrogen-bond donors (Lipinski definition) is 1. The van der Waals surface area contributed by atoms with Gasteiger partial charge in [-0.15, -0.1) is 0 Å². The number of fused-ring (bicyclic) bond motifs is 1. The second-order valence-corrected chi connectivity index (χ2v) is 8.11. The Labute approximate surface area is 178 Å². The molecule has 1 aliphatic carbocycles. The Bertz CT molecular complexity index is 876. The van der Waals surface area contributed by atoms with Crippen molar-refractivity contribution >= 4 is 5.97 Å². The quantitative estimate of drug-likeness (QED) is 0.790. The highest BCUT2D eigenvalue weighted by molar-refractivity contribution is 5.76. The zero-order valence-electron chi connectivity index (χ0n) is 17.7. The molecule has 1 fully saturated rings. The molecule has 6 nitrogen and oxygen atoms in total. The van der Waals surface area contributed by atoms with Crippen LogP contribution in [0.2, 0.25) is 0 Å². The van der Waals surface area contributed by atoms with E-state index >= 15 is 0 Å². The number of aliphatic carboxylic acids is 1. The highest BCUT2D eigenvalue weighted by Gasteiger charge is 2.32. The van der Waals surface area contributed by atoms with Gasteiger partial charge >= 0.3 is 5.97 Å². The Morgan fingerprint density at radius 2 is 1.67 bits per heavy atom. The predicted molar refractivity (Wildman–Crippen MR) is 115 cm³/mol. The fourth-order valence-corrected chi connectivity index (χ4v) is 4.91. The Hall–Kier alpha value is -2.57. The number of rotatable bonds is 6. The van der Waals surface area contributed by atoms with Gasteiger partial charge in [0.15, 0.2) is 11.5 Å². The first-order valence-electron chi connectivity index (χ1n) is 10.6. The summed E-state index contributed by atoms with van der Waals surface area (Å²) in [6.07, 6.45) is 3.15. The molecule has 0 amide bonds. The van der Waals surface area contributed by atoms with Crippen LogP contribution in [0.5, 0.6) is 11.5 Å². The molecule has 6 heteroatoms. The van der Waals surface area contributed by atoms with Crippen molar-refractivity contribution in [3.05, 3.63) is 59.2 Å². The summed E-state index contributed by atoms with van der Waals surface area (Å²) in [6, 6.07) is 13.9. The van der Waals surface area contributed by atoms with Crippen LogP contribution in [0.4, 0.5) is 0 Å². The molecule has 30 heavy (non-hydrogen) atoms. The molecule has 0 aromatic heterocycles. The topological polar surface area (TPSA) is 62.2 Å². The van der Waals surface area contributed by atoms with Crippen LogP contribution in [-0.4, -0.2) is 67.3 Å². The second kappa shape index (κ2) is 9.06. The number of carbonyl (C=O) groups is 1. The van der Waals surface area contributed by atoms with E-state index in [9.17, 15) is 9.90 Å². The highest BCUT2D eigenvalue weighted by Crippen LogP contribution is 2.33. The van der Waals surface area contributed by atoms with E-state index < -0.39 is 12.0 Å². The van der Waals surface area contributed by atoms with Gasteiger partial charge in [0.25, 0.3) is 0 Å². The fraction of sp³-hybridized carbons (Fsp3) is 0.458. The van der Waals surface area contributed by atoms with Crippen LogP contribution in [0.25, 0.3) is 0 Å². The lowest BCUT2D eigenvalue weighted by molar-refractivity contribution is -0.143. The number of ether oxygens (including phenoxy) is 2. The van der Waals surface area contributed by atoms with Crippen LogP contribution >= 0.6 is 0 Å². The SMILES string of the molecule is COc1ccc(C(C(=O)O)N2CCCN(C3Cc4ccccc4C3)CC2)cc1OC. The van der Waals surface area contributed by atoms with E-state index in [-0.39, 0.29) is 0 Å².